The number of rotatable bonds is 2. The maximum Gasteiger partial charge on any atom is 0.200 e. The predicted octanol–water partition coefficient (Wildman–Crippen LogP) is 3.14. The van der Waals surface area contributed by atoms with Crippen LogP contribution in [0.4, 0.5) is 0 Å². The van der Waals surface area contributed by atoms with Crippen molar-refractivity contribution in [1.29, 1.82) is 0 Å². The number of pyridine rings is 2. The third-order valence-corrected chi connectivity index (χ3v) is 4.61. The van der Waals surface area contributed by atoms with Crippen LogP contribution < -0.4 is 0 Å². The van der Waals surface area contributed by atoms with Gasteiger partial charge in [-0.3, -0.25) is 9.55 Å². The molecule has 0 saturated heterocycles. The van der Waals surface area contributed by atoms with E-state index in [4.69, 9.17) is 4.98 Å². The molecule has 5 aromatic rings. The number of fused-ring (bicyclic) bond motifs is 3. The molecule has 0 unspecified atom stereocenters. The normalized spacial score (nSPS) is 11.5. The van der Waals surface area contributed by atoms with Crippen LogP contribution >= 0.6 is 0 Å². The molecule has 0 fully saturated rings. The summed E-state index contributed by atoms with van der Waals surface area (Å²) in [6.07, 6.45) is 5.21. The summed E-state index contributed by atoms with van der Waals surface area (Å²) in [5.74, 6) is 1.42. The van der Waals surface area contributed by atoms with E-state index in [1.54, 1.807) is 23.2 Å². The first-order valence-corrected chi connectivity index (χ1v) is 8.30. The quantitative estimate of drug-likeness (QED) is 0.493. The van der Waals surface area contributed by atoms with E-state index < -0.39 is 0 Å². The Morgan fingerprint density at radius 2 is 1.65 bits per heavy atom. The monoisotopic (exact) mass is 341 g/mol. The molecule has 0 aliphatic carbocycles. The van der Waals surface area contributed by atoms with E-state index in [1.807, 2.05) is 36.4 Å². The molecule has 0 radical (unpaired) electrons. The zero-order valence-electron chi connectivity index (χ0n) is 14.3. The molecule has 0 aliphatic heterocycles. The highest BCUT2D eigenvalue weighted by molar-refractivity contribution is 5.95. The van der Waals surface area contributed by atoms with Gasteiger partial charge in [-0.25, -0.2) is 19.5 Å². The van der Waals surface area contributed by atoms with Crippen LogP contribution in [0.25, 0.3) is 34.0 Å². The largest absolute Gasteiger partial charge is 0.282 e. The molecule has 0 saturated carbocycles. The lowest BCUT2D eigenvalue weighted by molar-refractivity contribution is 0.917. The van der Waals surface area contributed by atoms with Crippen molar-refractivity contribution in [3.8, 4) is 17.3 Å². The van der Waals surface area contributed by atoms with E-state index in [0.29, 0.717) is 5.82 Å². The molecule has 0 bridgehead atoms. The van der Waals surface area contributed by atoms with Gasteiger partial charge >= 0.3 is 0 Å². The van der Waals surface area contributed by atoms with Crippen molar-refractivity contribution in [2.75, 3.05) is 0 Å². The zero-order chi connectivity index (χ0) is 17.7. The average molecular weight is 341 g/mol. The number of hydrogen-bond acceptors (Lipinski definition) is 5. The van der Waals surface area contributed by atoms with Crippen molar-refractivity contribution in [2.45, 2.75) is 13.8 Å². The van der Waals surface area contributed by atoms with E-state index in [2.05, 4.69) is 38.5 Å². The fourth-order valence-corrected chi connectivity index (χ4v) is 3.23. The van der Waals surface area contributed by atoms with Gasteiger partial charge in [0.15, 0.2) is 11.3 Å². The third kappa shape index (κ3) is 2.03. The van der Waals surface area contributed by atoms with Crippen LogP contribution in [0.2, 0.25) is 0 Å². The Hall–Kier alpha value is -3.61. The van der Waals surface area contributed by atoms with E-state index in [1.165, 1.54) is 0 Å². The standard InChI is InChI=1S/C19H15N7/c1-12-13(2)26(15-8-4-6-10-21-15)18-16(12)19-23-17(24-25(19)11-22-18)14-7-3-5-9-20-14/h3-11H,1-2H3. The van der Waals surface area contributed by atoms with E-state index >= 15 is 0 Å². The molecular weight excluding hydrogens is 326 g/mol. The molecule has 0 N–H and O–H groups in total. The fourth-order valence-electron chi connectivity index (χ4n) is 3.23. The van der Waals surface area contributed by atoms with Crippen LogP contribution in [0, 0.1) is 13.8 Å². The molecule has 7 heteroatoms. The maximum atomic E-state index is 4.74. The molecule has 0 aliphatic rings. The molecular formula is C19H15N7. The lowest BCUT2D eigenvalue weighted by Gasteiger charge is -2.05. The van der Waals surface area contributed by atoms with Crippen molar-refractivity contribution in [3.63, 3.8) is 0 Å². The first-order valence-electron chi connectivity index (χ1n) is 8.30. The summed E-state index contributed by atoms with van der Waals surface area (Å²) in [6, 6.07) is 11.5. The zero-order valence-corrected chi connectivity index (χ0v) is 14.3. The summed E-state index contributed by atoms with van der Waals surface area (Å²) in [5, 5.41) is 5.52. The third-order valence-electron chi connectivity index (χ3n) is 4.61. The second kappa shape index (κ2) is 5.45. The highest BCUT2D eigenvalue weighted by Crippen LogP contribution is 2.29. The number of aryl methyl sites for hydroxylation is 1. The summed E-state index contributed by atoms with van der Waals surface area (Å²) < 4.78 is 3.77. The van der Waals surface area contributed by atoms with Crippen LogP contribution in [-0.4, -0.2) is 34.1 Å². The van der Waals surface area contributed by atoms with Crippen LogP contribution in [0.15, 0.2) is 55.1 Å². The van der Waals surface area contributed by atoms with Gasteiger partial charge in [0.1, 0.15) is 17.8 Å². The van der Waals surface area contributed by atoms with Crippen molar-refractivity contribution in [2.24, 2.45) is 0 Å². The van der Waals surface area contributed by atoms with Crippen LogP contribution in [0.5, 0.6) is 0 Å². The van der Waals surface area contributed by atoms with Gasteiger partial charge < -0.3 is 0 Å². The van der Waals surface area contributed by atoms with Gasteiger partial charge in [0.25, 0.3) is 0 Å². The van der Waals surface area contributed by atoms with Gasteiger partial charge in [0, 0.05) is 18.1 Å². The highest BCUT2D eigenvalue weighted by Gasteiger charge is 2.19. The van der Waals surface area contributed by atoms with Crippen LogP contribution in [0.1, 0.15) is 11.3 Å². The van der Waals surface area contributed by atoms with Gasteiger partial charge in [0.2, 0.25) is 5.82 Å². The summed E-state index contributed by atoms with van der Waals surface area (Å²) in [7, 11) is 0. The highest BCUT2D eigenvalue weighted by atomic mass is 15.3. The fraction of sp³-hybridized carbons (Fsp3) is 0.105. The molecule has 0 atom stereocenters. The van der Waals surface area contributed by atoms with E-state index in [-0.39, 0.29) is 0 Å². The second-order valence-electron chi connectivity index (χ2n) is 6.10. The first-order chi connectivity index (χ1) is 12.7. The smallest absolute Gasteiger partial charge is 0.200 e. The summed E-state index contributed by atoms with van der Waals surface area (Å²) in [6.45, 7) is 4.14. The molecule has 5 rings (SSSR count). The van der Waals surface area contributed by atoms with Crippen molar-refractivity contribution >= 4 is 16.7 Å². The Balaban J connectivity index is 1.83. The van der Waals surface area contributed by atoms with Gasteiger partial charge in [-0.15, -0.1) is 5.10 Å². The molecule has 26 heavy (non-hydrogen) atoms. The average Bonchev–Trinajstić information content (AvgIpc) is 3.23. The molecule has 0 amide bonds. The Bertz CT molecular complexity index is 1240. The topological polar surface area (TPSA) is 73.8 Å². The Labute approximate surface area is 149 Å². The van der Waals surface area contributed by atoms with E-state index in [0.717, 1.165) is 39.4 Å². The SMILES string of the molecule is Cc1c(C)n(-c2ccccn2)c2ncn3nc(-c4ccccn4)nc3c12. The summed E-state index contributed by atoms with van der Waals surface area (Å²) in [4.78, 5) is 18.2. The minimum Gasteiger partial charge on any atom is -0.282 e. The second-order valence-corrected chi connectivity index (χ2v) is 6.10. The van der Waals surface area contributed by atoms with Gasteiger partial charge in [0.05, 0.1) is 5.39 Å². The lowest BCUT2D eigenvalue weighted by Crippen LogP contribution is -2.01. The van der Waals surface area contributed by atoms with Crippen molar-refractivity contribution in [1.82, 2.24) is 34.1 Å². The van der Waals surface area contributed by atoms with Gasteiger partial charge in [-0.05, 0) is 43.7 Å². The molecule has 7 nitrogen and oxygen atoms in total. The van der Waals surface area contributed by atoms with Gasteiger partial charge in [-0.1, -0.05) is 12.1 Å². The molecule has 126 valence electrons. The number of nitrogens with zero attached hydrogens (tertiary/aromatic N) is 7. The Morgan fingerprint density at radius 3 is 2.38 bits per heavy atom. The van der Waals surface area contributed by atoms with Crippen LogP contribution in [-0.2, 0) is 0 Å². The minimum absolute atomic E-state index is 0.586. The number of hydrogen-bond donors (Lipinski definition) is 0. The summed E-state index contributed by atoms with van der Waals surface area (Å²) in [5.41, 5.74) is 4.53. The lowest BCUT2D eigenvalue weighted by atomic mass is 10.2. The first kappa shape index (κ1) is 14.7. The molecule has 5 heterocycles. The Morgan fingerprint density at radius 1 is 0.846 bits per heavy atom. The molecule has 0 spiro atoms. The van der Waals surface area contributed by atoms with Crippen molar-refractivity contribution in [3.05, 3.63) is 66.4 Å². The molecule has 5 aromatic heterocycles. The minimum atomic E-state index is 0.586. The van der Waals surface area contributed by atoms with Crippen LogP contribution in [0.3, 0.4) is 0 Å². The summed E-state index contributed by atoms with van der Waals surface area (Å²) >= 11 is 0. The molecule has 0 aromatic carbocycles. The number of aromatic nitrogens is 7. The van der Waals surface area contributed by atoms with E-state index in [9.17, 15) is 0 Å². The predicted molar refractivity (Wildman–Crippen MR) is 98.1 cm³/mol. The Kier molecular flexibility index (Phi) is 3.08. The van der Waals surface area contributed by atoms with Crippen molar-refractivity contribution < 1.29 is 0 Å². The van der Waals surface area contributed by atoms with Gasteiger partial charge in [-0.2, -0.15) is 0 Å². The maximum absolute atomic E-state index is 4.74.